The summed E-state index contributed by atoms with van der Waals surface area (Å²) in [5.41, 5.74) is 0.180. The van der Waals surface area contributed by atoms with Gasteiger partial charge in [0.15, 0.2) is 0 Å². The van der Waals surface area contributed by atoms with E-state index in [1.54, 1.807) is 36.0 Å². The highest BCUT2D eigenvalue weighted by atomic mass is 35.5. The van der Waals surface area contributed by atoms with Crippen molar-refractivity contribution < 1.29 is 13.2 Å². The van der Waals surface area contributed by atoms with Crippen molar-refractivity contribution in [2.75, 3.05) is 11.4 Å². The second-order valence-corrected chi connectivity index (χ2v) is 8.75. The predicted octanol–water partition coefficient (Wildman–Crippen LogP) is 4.28. The Morgan fingerprint density at radius 1 is 1.07 bits per heavy atom. The molecule has 0 unspecified atom stereocenters. The second-order valence-electron chi connectivity index (χ2n) is 5.65. The van der Waals surface area contributed by atoms with Crippen molar-refractivity contribution in [1.29, 1.82) is 0 Å². The van der Waals surface area contributed by atoms with Crippen LogP contribution in [0.3, 0.4) is 0 Å². The number of thiazole rings is 1. The Bertz CT molecular complexity index is 1250. The van der Waals surface area contributed by atoms with Crippen LogP contribution >= 0.6 is 22.9 Å². The van der Waals surface area contributed by atoms with E-state index in [9.17, 15) is 8.42 Å². The molecule has 0 aliphatic carbocycles. The zero-order chi connectivity index (χ0) is 19.7. The van der Waals surface area contributed by atoms with Crippen LogP contribution < -0.4 is 9.04 Å². The fourth-order valence-electron chi connectivity index (χ4n) is 2.70. The Morgan fingerprint density at radius 3 is 2.68 bits per heavy atom. The number of pyridine rings is 2. The fraction of sp³-hybridized carbons (Fsp3) is 0.0556. The van der Waals surface area contributed by atoms with Gasteiger partial charge in [0, 0.05) is 35.6 Å². The molecule has 4 rings (SSSR count). The van der Waals surface area contributed by atoms with Crippen LogP contribution in [-0.2, 0) is 10.0 Å². The van der Waals surface area contributed by atoms with E-state index in [0.717, 1.165) is 15.1 Å². The molecule has 7 nitrogen and oxygen atoms in total. The van der Waals surface area contributed by atoms with Crippen LogP contribution in [0.4, 0.5) is 10.8 Å². The summed E-state index contributed by atoms with van der Waals surface area (Å²) in [6.45, 7) is 0. The maximum Gasteiger partial charge on any atom is 0.270 e. The maximum atomic E-state index is 13.6. The van der Waals surface area contributed by atoms with Crippen LogP contribution in [0, 0.1) is 0 Å². The second kappa shape index (κ2) is 7.34. The molecule has 0 atom stereocenters. The summed E-state index contributed by atoms with van der Waals surface area (Å²) >= 11 is 7.27. The quantitative estimate of drug-likeness (QED) is 0.468. The Hall–Kier alpha value is -2.75. The van der Waals surface area contributed by atoms with Gasteiger partial charge in [-0.15, -0.1) is 11.3 Å². The van der Waals surface area contributed by atoms with Gasteiger partial charge in [0.05, 0.1) is 17.0 Å². The number of aromatic nitrogens is 3. The van der Waals surface area contributed by atoms with Gasteiger partial charge in [-0.05, 0) is 29.7 Å². The minimum atomic E-state index is -4.04. The zero-order valence-corrected chi connectivity index (χ0v) is 16.9. The molecule has 0 aliphatic heterocycles. The van der Waals surface area contributed by atoms with Crippen molar-refractivity contribution in [1.82, 2.24) is 15.0 Å². The Kier molecular flexibility index (Phi) is 4.88. The molecule has 142 valence electrons. The van der Waals surface area contributed by atoms with Gasteiger partial charge in [-0.2, -0.15) is 0 Å². The summed E-state index contributed by atoms with van der Waals surface area (Å²) in [6, 6.07) is 8.07. The van der Waals surface area contributed by atoms with Crippen LogP contribution in [0.15, 0.2) is 65.4 Å². The van der Waals surface area contributed by atoms with Gasteiger partial charge < -0.3 is 4.74 Å². The molecule has 0 radical (unpaired) electrons. The summed E-state index contributed by atoms with van der Waals surface area (Å²) < 4.78 is 33.6. The number of ether oxygens (including phenoxy) is 1. The third kappa shape index (κ3) is 3.28. The highest BCUT2D eigenvalue weighted by Gasteiger charge is 2.32. The van der Waals surface area contributed by atoms with Gasteiger partial charge in [0.25, 0.3) is 10.0 Å². The van der Waals surface area contributed by atoms with Gasteiger partial charge in [-0.3, -0.25) is 4.98 Å². The molecule has 0 bridgehead atoms. The fourth-order valence-corrected chi connectivity index (χ4v) is 5.20. The molecule has 0 fully saturated rings. The molecule has 28 heavy (non-hydrogen) atoms. The first-order valence-corrected chi connectivity index (χ1v) is 10.7. The number of rotatable bonds is 5. The van der Waals surface area contributed by atoms with Crippen LogP contribution in [-0.4, -0.2) is 30.5 Å². The van der Waals surface area contributed by atoms with Gasteiger partial charge in [-0.25, -0.2) is 22.7 Å². The van der Waals surface area contributed by atoms with E-state index in [0.29, 0.717) is 0 Å². The van der Waals surface area contributed by atoms with Gasteiger partial charge in [0.2, 0.25) is 11.0 Å². The number of hydrogen-bond acceptors (Lipinski definition) is 7. The van der Waals surface area contributed by atoms with E-state index in [4.69, 9.17) is 16.3 Å². The van der Waals surface area contributed by atoms with E-state index in [1.165, 1.54) is 43.0 Å². The molecular weight excluding hydrogens is 420 g/mol. The van der Waals surface area contributed by atoms with Gasteiger partial charge >= 0.3 is 0 Å². The van der Waals surface area contributed by atoms with Crippen molar-refractivity contribution in [3.63, 3.8) is 0 Å². The van der Waals surface area contributed by atoms with Crippen LogP contribution in [0.1, 0.15) is 0 Å². The predicted molar refractivity (Wildman–Crippen MR) is 109 cm³/mol. The number of halogens is 1. The average molecular weight is 433 g/mol. The number of hydrogen-bond donors (Lipinski definition) is 0. The molecule has 0 saturated carbocycles. The van der Waals surface area contributed by atoms with Crippen LogP contribution in [0.5, 0.6) is 5.88 Å². The standard InChI is InChI=1S/C18H13ClN4O3S2/c1-26-17-16(9-14(19)11-22-17)23(18-21-6-7-27-18)28(24,25)15-3-2-13-10-20-5-4-12(13)8-15/h2-11H,1H3. The van der Waals surface area contributed by atoms with Crippen LogP contribution in [0.2, 0.25) is 5.02 Å². The summed E-state index contributed by atoms with van der Waals surface area (Å²) in [6.07, 6.45) is 6.20. The monoisotopic (exact) mass is 432 g/mol. The molecule has 0 aliphatic rings. The average Bonchev–Trinajstić information content (AvgIpc) is 3.22. The minimum Gasteiger partial charge on any atom is -0.479 e. The number of fused-ring (bicyclic) bond motifs is 1. The number of nitrogens with zero attached hydrogens (tertiary/aromatic N) is 4. The molecule has 0 spiro atoms. The molecule has 4 aromatic rings. The third-order valence-corrected chi connectivity index (χ3v) is 6.73. The number of benzene rings is 1. The molecule has 3 heterocycles. The van der Waals surface area contributed by atoms with E-state index >= 15 is 0 Å². The maximum absolute atomic E-state index is 13.6. The number of methoxy groups -OCH3 is 1. The molecule has 10 heteroatoms. The first kappa shape index (κ1) is 18.6. The molecule has 3 aromatic heterocycles. The Balaban J connectivity index is 1.95. The highest BCUT2D eigenvalue weighted by Crippen LogP contribution is 2.39. The Labute approximate surface area is 170 Å². The molecule has 0 N–H and O–H groups in total. The first-order valence-electron chi connectivity index (χ1n) is 7.99. The Morgan fingerprint density at radius 2 is 1.93 bits per heavy atom. The third-order valence-electron chi connectivity index (χ3n) is 3.95. The minimum absolute atomic E-state index is 0.100. The van der Waals surface area contributed by atoms with E-state index < -0.39 is 10.0 Å². The topological polar surface area (TPSA) is 85.3 Å². The first-order chi connectivity index (χ1) is 13.5. The van der Waals surface area contributed by atoms with Crippen molar-refractivity contribution in [3.05, 3.63) is 65.5 Å². The van der Waals surface area contributed by atoms with Crippen LogP contribution in [0.25, 0.3) is 10.8 Å². The molecule has 1 aromatic carbocycles. The lowest BCUT2D eigenvalue weighted by atomic mass is 10.2. The SMILES string of the molecule is COc1ncc(Cl)cc1N(c1nccs1)S(=O)(=O)c1ccc2cnccc2c1. The zero-order valence-electron chi connectivity index (χ0n) is 14.5. The summed E-state index contributed by atoms with van der Waals surface area (Å²) in [5.74, 6) is 0.119. The van der Waals surface area contributed by atoms with E-state index in [2.05, 4.69) is 15.0 Å². The number of anilines is 2. The lowest BCUT2D eigenvalue weighted by Gasteiger charge is -2.23. The molecule has 0 saturated heterocycles. The molecule has 0 amide bonds. The van der Waals surface area contributed by atoms with Gasteiger partial charge in [0.1, 0.15) is 5.69 Å². The highest BCUT2D eigenvalue weighted by molar-refractivity contribution is 7.93. The lowest BCUT2D eigenvalue weighted by Crippen LogP contribution is -2.27. The largest absolute Gasteiger partial charge is 0.479 e. The van der Waals surface area contributed by atoms with E-state index in [-0.39, 0.29) is 26.6 Å². The van der Waals surface area contributed by atoms with Crippen molar-refractivity contribution >= 4 is 54.6 Å². The van der Waals surface area contributed by atoms with Gasteiger partial charge in [-0.1, -0.05) is 17.7 Å². The van der Waals surface area contributed by atoms with Crippen molar-refractivity contribution in [2.45, 2.75) is 4.90 Å². The van der Waals surface area contributed by atoms with Crippen molar-refractivity contribution in [2.24, 2.45) is 0 Å². The molecular formula is C18H13ClN4O3S2. The smallest absolute Gasteiger partial charge is 0.270 e. The summed E-state index contributed by atoms with van der Waals surface area (Å²) in [4.78, 5) is 12.4. The summed E-state index contributed by atoms with van der Waals surface area (Å²) in [5, 5.41) is 3.80. The van der Waals surface area contributed by atoms with E-state index in [1.807, 2.05) is 0 Å². The normalized spacial score (nSPS) is 11.5. The number of sulfonamides is 1. The van der Waals surface area contributed by atoms with Crippen molar-refractivity contribution in [3.8, 4) is 5.88 Å². The summed E-state index contributed by atoms with van der Waals surface area (Å²) in [7, 11) is -2.62. The lowest BCUT2D eigenvalue weighted by molar-refractivity contribution is 0.399.